The topological polar surface area (TPSA) is 161 Å². The van der Waals surface area contributed by atoms with Gasteiger partial charge in [0.1, 0.15) is 0 Å². The molecule has 28 heavy (non-hydrogen) atoms. The van der Waals surface area contributed by atoms with Gasteiger partial charge in [-0.1, -0.05) is 24.5 Å². The minimum atomic E-state index is -0.631. The molecule has 12 nitrogen and oxygen atoms in total. The van der Waals surface area contributed by atoms with Gasteiger partial charge in [0.15, 0.2) is 11.5 Å². The number of urea groups is 1. The molecule has 1 aromatic rings. The predicted molar refractivity (Wildman–Crippen MR) is 104 cm³/mol. The number of aromatic nitrogens is 2. The number of nitrogens with one attached hydrogen (secondary N) is 2. The number of rotatable bonds is 7. The van der Waals surface area contributed by atoms with E-state index >= 15 is 0 Å². The average molecular weight is 416 g/mol. The monoisotopic (exact) mass is 415 g/mol. The number of nitroso groups, excluding NO2 is 1. The van der Waals surface area contributed by atoms with Crippen molar-refractivity contribution in [2.24, 2.45) is 21.4 Å². The van der Waals surface area contributed by atoms with Crippen LogP contribution in [0.4, 0.5) is 10.6 Å². The number of alkyl halides is 1. The lowest BCUT2D eigenvalue weighted by Crippen LogP contribution is -2.43. The number of halogens is 1. The van der Waals surface area contributed by atoms with Crippen LogP contribution >= 0.6 is 11.6 Å². The zero-order valence-corrected chi connectivity index (χ0v) is 16.7. The second kappa shape index (κ2) is 12.6. The summed E-state index contributed by atoms with van der Waals surface area (Å²) in [7, 11) is 3.42. The molecule has 4 N–H and O–H groups in total. The number of nitrogens with two attached hydrogens (primary N) is 1. The van der Waals surface area contributed by atoms with Crippen molar-refractivity contribution in [2.45, 2.75) is 38.1 Å². The molecule has 0 atom stereocenters. The number of carbonyl (C=O) groups is 2. The highest BCUT2D eigenvalue weighted by Crippen LogP contribution is 2.17. The Morgan fingerprint density at radius 3 is 2.57 bits per heavy atom. The predicted octanol–water partition coefficient (Wildman–Crippen LogP) is 2.32. The molecule has 3 amide bonds. The number of hydrogen-bond donors (Lipinski definition) is 3. The summed E-state index contributed by atoms with van der Waals surface area (Å²) in [6.07, 6.45) is 6.80. The van der Waals surface area contributed by atoms with Gasteiger partial charge in [0.2, 0.25) is 0 Å². The molecule has 0 spiro atoms. The van der Waals surface area contributed by atoms with Gasteiger partial charge in [-0.15, -0.1) is 21.6 Å². The standard InChI is InChI=1S/C9H16ClN3O2.C6H10N6O/c10-6-7-13(12-15)9(14)11-8-4-2-1-3-5-8;1-12(2)11-10-6-4(5(7)13)8-3-9-6/h8H,1-7H2,(H,11,14);3H,1-2H3,(H2,7,13)(H,8,9)/b;11-10+. The van der Waals surface area contributed by atoms with Crippen LogP contribution in [0.15, 0.2) is 22.0 Å². The maximum absolute atomic E-state index is 11.5. The molecule has 0 radical (unpaired) electrons. The number of nitrogens with zero attached hydrogens (tertiary/aromatic N) is 6. The van der Waals surface area contributed by atoms with Gasteiger partial charge >= 0.3 is 6.03 Å². The van der Waals surface area contributed by atoms with E-state index in [1.165, 1.54) is 17.8 Å². The smallest absolute Gasteiger partial charge is 0.340 e. The maximum atomic E-state index is 11.5. The molecular formula is C15H26ClN9O3. The number of imidazole rings is 1. The molecule has 1 fully saturated rings. The lowest BCUT2D eigenvalue weighted by molar-refractivity contribution is 0.0996. The van der Waals surface area contributed by atoms with Crippen LogP contribution in [0.5, 0.6) is 0 Å². The highest BCUT2D eigenvalue weighted by Gasteiger charge is 2.19. The van der Waals surface area contributed by atoms with Crippen molar-refractivity contribution >= 4 is 29.4 Å². The highest BCUT2D eigenvalue weighted by atomic mass is 35.5. The number of amides is 3. The van der Waals surface area contributed by atoms with Crippen molar-refractivity contribution in [3.05, 3.63) is 16.9 Å². The van der Waals surface area contributed by atoms with Gasteiger partial charge in [0.25, 0.3) is 5.91 Å². The van der Waals surface area contributed by atoms with Gasteiger partial charge in [0.05, 0.1) is 18.2 Å². The van der Waals surface area contributed by atoms with Crippen LogP contribution in [-0.2, 0) is 0 Å². The first-order valence-corrected chi connectivity index (χ1v) is 9.31. The first kappa shape index (κ1) is 23.3. The van der Waals surface area contributed by atoms with Gasteiger partial charge in [-0.2, -0.15) is 5.01 Å². The molecule has 0 saturated heterocycles. The second-order valence-corrected chi connectivity index (χ2v) is 6.56. The van der Waals surface area contributed by atoms with E-state index < -0.39 is 11.9 Å². The molecule has 1 saturated carbocycles. The fourth-order valence-electron chi connectivity index (χ4n) is 2.43. The van der Waals surface area contributed by atoms with Gasteiger partial charge in [0, 0.05) is 26.0 Å². The van der Waals surface area contributed by atoms with E-state index in [0.29, 0.717) is 0 Å². The number of carbonyl (C=O) groups excluding carboxylic acids is 2. The molecule has 1 aromatic heterocycles. The van der Waals surface area contributed by atoms with Crippen molar-refractivity contribution in [1.82, 2.24) is 25.3 Å². The molecule has 156 valence electrons. The van der Waals surface area contributed by atoms with Crippen LogP contribution < -0.4 is 11.1 Å². The van der Waals surface area contributed by atoms with Gasteiger partial charge < -0.3 is 16.0 Å². The Morgan fingerprint density at radius 1 is 1.36 bits per heavy atom. The summed E-state index contributed by atoms with van der Waals surface area (Å²) >= 11 is 5.44. The van der Waals surface area contributed by atoms with E-state index in [1.54, 1.807) is 14.1 Å². The van der Waals surface area contributed by atoms with Crippen LogP contribution in [0.25, 0.3) is 0 Å². The summed E-state index contributed by atoms with van der Waals surface area (Å²) in [6.45, 7) is 0.156. The zero-order valence-electron chi connectivity index (χ0n) is 16.0. The zero-order chi connectivity index (χ0) is 20.9. The van der Waals surface area contributed by atoms with E-state index in [4.69, 9.17) is 17.3 Å². The molecule has 1 heterocycles. The van der Waals surface area contributed by atoms with Crippen LogP contribution in [0.2, 0.25) is 0 Å². The Balaban J connectivity index is 0.000000283. The highest BCUT2D eigenvalue weighted by molar-refractivity contribution is 6.18. The Morgan fingerprint density at radius 2 is 2.04 bits per heavy atom. The van der Waals surface area contributed by atoms with E-state index in [0.717, 1.165) is 30.7 Å². The summed E-state index contributed by atoms with van der Waals surface area (Å²) < 4.78 is 0. The third-order valence-electron chi connectivity index (χ3n) is 3.74. The summed E-state index contributed by atoms with van der Waals surface area (Å²) in [5.41, 5.74) is 5.12. The fourth-order valence-corrected chi connectivity index (χ4v) is 2.59. The summed E-state index contributed by atoms with van der Waals surface area (Å²) in [6, 6.07) is -0.247. The van der Waals surface area contributed by atoms with E-state index in [9.17, 15) is 14.5 Å². The van der Waals surface area contributed by atoms with Crippen molar-refractivity contribution in [3.63, 3.8) is 0 Å². The molecule has 13 heteroatoms. The fraction of sp³-hybridized carbons (Fsp3) is 0.667. The van der Waals surface area contributed by atoms with Crippen LogP contribution in [0.3, 0.4) is 0 Å². The van der Waals surface area contributed by atoms with E-state index in [-0.39, 0.29) is 30.0 Å². The summed E-state index contributed by atoms with van der Waals surface area (Å²) in [5, 5.41) is 15.2. The van der Waals surface area contributed by atoms with E-state index in [1.807, 2.05) is 0 Å². The SMILES string of the molecule is CN(C)/N=N/c1[nH]cnc1C(N)=O.O=NN(CCCl)C(=O)NC1CCCCC1. The Labute approximate surface area is 167 Å². The second-order valence-electron chi connectivity index (χ2n) is 6.18. The van der Waals surface area contributed by atoms with Gasteiger partial charge in [-0.05, 0) is 12.8 Å². The minimum absolute atomic E-state index is 0.0885. The van der Waals surface area contributed by atoms with Crippen molar-refractivity contribution in [3.8, 4) is 0 Å². The number of primary amides is 1. The molecule has 2 rings (SSSR count). The van der Waals surface area contributed by atoms with Crippen molar-refractivity contribution < 1.29 is 9.59 Å². The van der Waals surface area contributed by atoms with Gasteiger partial charge in [-0.25, -0.2) is 9.78 Å². The molecule has 1 aliphatic carbocycles. The number of hydrogen-bond acceptors (Lipinski definition) is 7. The average Bonchev–Trinajstić information content (AvgIpc) is 3.14. The van der Waals surface area contributed by atoms with E-state index in [2.05, 4.69) is 30.9 Å². The lowest BCUT2D eigenvalue weighted by Gasteiger charge is -2.24. The van der Waals surface area contributed by atoms with Crippen LogP contribution in [-0.4, -0.2) is 64.5 Å². The summed E-state index contributed by atoms with van der Waals surface area (Å²) in [4.78, 5) is 38.9. The first-order chi connectivity index (χ1) is 13.4. The number of H-pyrrole nitrogens is 1. The molecule has 0 unspecified atom stereocenters. The van der Waals surface area contributed by atoms with Crippen LogP contribution in [0.1, 0.15) is 42.6 Å². The molecule has 0 bridgehead atoms. The van der Waals surface area contributed by atoms with Crippen molar-refractivity contribution in [1.29, 1.82) is 0 Å². The van der Waals surface area contributed by atoms with Crippen molar-refractivity contribution in [2.75, 3.05) is 26.5 Å². The third kappa shape index (κ3) is 8.29. The Kier molecular flexibility index (Phi) is 10.5. The first-order valence-electron chi connectivity index (χ1n) is 8.78. The normalized spacial score (nSPS) is 14.1. The maximum Gasteiger partial charge on any atom is 0.340 e. The van der Waals surface area contributed by atoms with Gasteiger partial charge in [-0.3, -0.25) is 9.80 Å². The molecule has 0 aliphatic heterocycles. The largest absolute Gasteiger partial charge is 0.364 e. The Bertz CT molecular complexity index is 659. The number of aromatic amines is 1. The summed E-state index contributed by atoms with van der Waals surface area (Å²) in [5.74, 6) is -0.153. The Hall–Kier alpha value is -2.76. The molecular weight excluding hydrogens is 390 g/mol. The molecule has 1 aliphatic rings. The third-order valence-corrected chi connectivity index (χ3v) is 3.91. The lowest BCUT2D eigenvalue weighted by atomic mass is 9.96. The van der Waals surface area contributed by atoms with Crippen LogP contribution in [0, 0.1) is 4.91 Å². The minimum Gasteiger partial charge on any atom is -0.364 e. The quantitative estimate of drug-likeness (QED) is 0.269. The molecule has 0 aromatic carbocycles.